The summed E-state index contributed by atoms with van der Waals surface area (Å²) >= 11 is 0. The molecule has 0 heterocycles. The average Bonchev–Trinajstić information content (AvgIpc) is 1.80. The van der Waals surface area contributed by atoms with Crippen molar-refractivity contribution in [3.63, 3.8) is 0 Å². The fourth-order valence-electron chi connectivity index (χ4n) is 0.464. The molecule has 0 bridgehead atoms. The minimum Gasteiger partial charge on any atom is -0.300 e. The molecule has 1 atom stereocenters. The molecular weight excluding hydrogens is 152 g/mol. The van der Waals surface area contributed by atoms with Gasteiger partial charge >= 0.3 is 0 Å². The van der Waals surface area contributed by atoms with Crippen LogP contribution in [0.4, 0.5) is 0 Å². The van der Waals surface area contributed by atoms with Crippen molar-refractivity contribution in [3.05, 3.63) is 0 Å². The van der Waals surface area contributed by atoms with E-state index >= 15 is 0 Å². The summed E-state index contributed by atoms with van der Waals surface area (Å²) in [7, 11) is -3.39. The predicted octanol–water partition coefficient (Wildman–Crippen LogP) is -0.379. The van der Waals surface area contributed by atoms with Crippen LogP contribution in [-0.2, 0) is 10.0 Å². The van der Waals surface area contributed by atoms with E-state index < -0.39 is 15.4 Å². The molecule has 3 N–H and O–H groups in total. The second-order valence-electron chi connectivity index (χ2n) is 2.19. The summed E-state index contributed by atoms with van der Waals surface area (Å²) in [6.45, 7) is 4.17. The highest BCUT2D eigenvalue weighted by atomic mass is 32.2. The first-order valence-corrected chi connectivity index (χ1v) is 4.84. The van der Waals surface area contributed by atoms with Gasteiger partial charge in [-0.05, 0) is 19.9 Å². The van der Waals surface area contributed by atoms with Crippen LogP contribution in [0.3, 0.4) is 0 Å². The van der Waals surface area contributed by atoms with Gasteiger partial charge in [-0.3, -0.25) is 0 Å². The highest BCUT2D eigenvalue weighted by molar-refractivity contribution is 7.89. The molecule has 0 aliphatic heterocycles. The lowest BCUT2D eigenvalue weighted by Gasteiger charge is -2.09. The lowest BCUT2D eigenvalue weighted by molar-refractivity contribution is 0.559. The third kappa shape index (κ3) is 3.81. The Balaban J connectivity index is 3.75. The van der Waals surface area contributed by atoms with Crippen LogP contribution in [0, 0.1) is 0 Å². The van der Waals surface area contributed by atoms with Crippen molar-refractivity contribution in [1.82, 2.24) is 5.32 Å². The van der Waals surface area contributed by atoms with E-state index in [1.165, 1.54) is 6.92 Å². The number of hydrogen-bond donors (Lipinski definition) is 2. The number of hydrogen-bond acceptors (Lipinski definition) is 3. The lowest BCUT2D eigenvalue weighted by Crippen LogP contribution is -2.38. The molecule has 0 fully saturated rings. The fraction of sp³-hybridized carbons (Fsp3) is 1.00. The van der Waals surface area contributed by atoms with Gasteiger partial charge in [-0.25, -0.2) is 13.6 Å². The van der Waals surface area contributed by atoms with Crippen LogP contribution in [0.5, 0.6) is 0 Å². The third-order valence-corrected chi connectivity index (χ3v) is 2.33. The molecular formula is C5H14N2O2S. The molecule has 10 heavy (non-hydrogen) atoms. The first kappa shape index (κ1) is 9.87. The summed E-state index contributed by atoms with van der Waals surface area (Å²) in [5.74, 6) is 0. The zero-order chi connectivity index (χ0) is 8.20. The Bertz CT molecular complexity index is 176. The number of nitrogens with one attached hydrogen (secondary N) is 1. The quantitative estimate of drug-likeness (QED) is 0.598. The van der Waals surface area contributed by atoms with E-state index in [2.05, 4.69) is 5.32 Å². The van der Waals surface area contributed by atoms with E-state index in [0.717, 1.165) is 6.42 Å². The second kappa shape index (κ2) is 3.90. The van der Waals surface area contributed by atoms with Crippen molar-refractivity contribution in [2.24, 2.45) is 5.14 Å². The Labute approximate surface area is 61.8 Å². The summed E-state index contributed by atoms with van der Waals surface area (Å²) < 4.78 is 21.1. The van der Waals surface area contributed by atoms with Gasteiger partial charge in [0.25, 0.3) is 0 Å². The van der Waals surface area contributed by atoms with E-state index in [1.807, 2.05) is 6.92 Å². The van der Waals surface area contributed by atoms with Gasteiger partial charge in [0, 0.05) is 0 Å². The Morgan fingerprint density at radius 2 is 2.10 bits per heavy atom. The van der Waals surface area contributed by atoms with Gasteiger partial charge in [-0.2, -0.15) is 0 Å². The molecule has 0 saturated carbocycles. The smallest absolute Gasteiger partial charge is 0.224 e. The maximum Gasteiger partial charge on any atom is 0.224 e. The first-order chi connectivity index (χ1) is 4.48. The molecule has 0 aromatic rings. The van der Waals surface area contributed by atoms with Gasteiger partial charge in [-0.15, -0.1) is 0 Å². The lowest BCUT2D eigenvalue weighted by atomic mass is 10.5. The second-order valence-corrected chi connectivity index (χ2v) is 4.07. The zero-order valence-electron chi connectivity index (χ0n) is 6.29. The van der Waals surface area contributed by atoms with Gasteiger partial charge < -0.3 is 5.32 Å². The Kier molecular flexibility index (Phi) is 3.85. The minimum absolute atomic E-state index is 0.632. The number of sulfonamides is 1. The topological polar surface area (TPSA) is 72.2 Å². The van der Waals surface area contributed by atoms with Crippen LogP contribution < -0.4 is 10.5 Å². The molecule has 0 aliphatic carbocycles. The van der Waals surface area contributed by atoms with Gasteiger partial charge in [0.05, 0.1) is 0 Å². The molecule has 5 heteroatoms. The van der Waals surface area contributed by atoms with E-state index in [0.29, 0.717) is 6.54 Å². The molecule has 62 valence electrons. The Morgan fingerprint density at radius 1 is 1.60 bits per heavy atom. The van der Waals surface area contributed by atoms with Crippen molar-refractivity contribution in [2.75, 3.05) is 6.54 Å². The fourth-order valence-corrected chi connectivity index (χ4v) is 0.814. The van der Waals surface area contributed by atoms with Crippen LogP contribution in [-0.4, -0.2) is 20.3 Å². The highest BCUT2D eigenvalue weighted by Crippen LogP contribution is 1.88. The maximum atomic E-state index is 10.6. The van der Waals surface area contributed by atoms with Crippen LogP contribution in [0.1, 0.15) is 20.3 Å². The molecule has 0 radical (unpaired) electrons. The van der Waals surface area contributed by atoms with Crippen molar-refractivity contribution in [3.8, 4) is 0 Å². The molecule has 1 unspecified atom stereocenters. The van der Waals surface area contributed by atoms with Crippen molar-refractivity contribution in [2.45, 2.75) is 25.6 Å². The SMILES string of the molecule is CCCNC(C)S(N)(=O)=O. The van der Waals surface area contributed by atoms with Gasteiger partial charge in [0.15, 0.2) is 0 Å². The maximum absolute atomic E-state index is 10.6. The van der Waals surface area contributed by atoms with Crippen molar-refractivity contribution >= 4 is 10.0 Å². The largest absolute Gasteiger partial charge is 0.300 e. The molecule has 0 spiro atoms. The number of primary sulfonamides is 1. The summed E-state index contributed by atoms with van der Waals surface area (Å²) in [6, 6.07) is 0. The Hall–Kier alpha value is -0.130. The number of nitrogens with two attached hydrogens (primary N) is 1. The molecule has 0 aromatic carbocycles. The molecule has 0 aliphatic rings. The van der Waals surface area contributed by atoms with Crippen LogP contribution in [0.15, 0.2) is 0 Å². The highest BCUT2D eigenvalue weighted by Gasteiger charge is 2.12. The Morgan fingerprint density at radius 3 is 2.40 bits per heavy atom. The van der Waals surface area contributed by atoms with Crippen LogP contribution >= 0.6 is 0 Å². The van der Waals surface area contributed by atoms with Gasteiger partial charge in [0.1, 0.15) is 5.37 Å². The van der Waals surface area contributed by atoms with Crippen molar-refractivity contribution in [1.29, 1.82) is 0 Å². The van der Waals surface area contributed by atoms with E-state index in [1.54, 1.807) is 0 Å². The molecule has 0 rings (SSSR count). The minimum atomic E-state index is -3.39. The summed E-state index contributed by atoms with van der Waals surface area (Å²) in [6.07, 6.45) is 0.903. The first-order valence-electron chi connectivity index (χ1n) is 3.23. The summed E-state index contributed by atoms with van der Waals surface area (Å²) in [4.78, 5) is 0. The average molecular weight is 166 g/mol. The third-order valence-electron chi connectivity index (χ3n) is 1.17. The van der Waals surface area contributed by atoms with Crippen molar-refractivity contribution < 1.29 is 8.42 Å². The predicted molar refractivity (Wildman–Crippen MR) is 40.9 cm³/mol. The summed E-state index contributed by atoms with van der Waals surface area (Å²) in [5.41, 5.74) is 0. The van der Waals surface area contributed by atoms with E-state index in [4.69, 9.17) is 5.14 Å². The van der Waals surface area contributed by atoms with Gasteiger partial charge in [0.2, 0.25) is 10.0 Å². The van der Waals surface area contributed by atoms with Gasteiger partial charge in [-0.1, -0.05) is 6.92 Å². The van der Waals surface area contributed by atoms with E-state index in [-0.39, 0.29) is 0 Å². The molecule has 0 amide bonds. The zero-order valence-corrected chi connectivity index (χ0v) is 7.11. The van der Waals surface area contributed by atoms with Crippen LogP contribution in [0.25, 0.3) is 0 Å². The molecule has 0 aromatic heterocycles. The normalized spacial score (nSPS) is 15.1. The van der Waals surface area contributed by atoms with Crippen LogP contribution in [0.2, 0.25) is 0 Å². The molecule has 0 saturated heterocycles. The summed E-state index contributed by atoms with van der Waals surface area (Å²) in [5, 5.41) is 6.96. The molecule has 4 nitrogen and oxygen atoms in total. The van der Waals surface area contributed by atoms with E-state index in [9.17, 15) is 8.42 Å². The standard InChI is InChI=1S/C5H14N2O2S/c1-3-4-7-5(2)10(6,8)9/h5,7H,3-4H2,1-2H3,(H2,6,8,9). The number of rotatable bonds is 4. The monoisotopic (exact) mass is 166 g/mol.